The predicted molar refractivity (Wildman–Crippen MR) is 73.2 cm³/mol. The number of urea groups is 1. The van der Waals surface area contributed by atoms with Gasteiger partial charge in [0.1, 0.15) is 0 Å². The number of hydrogen-bond acceptors (Lipinski definition) is 4. The molecule has 7 nitrogen and oxygen atoms in total. The Balaban J connectivity index is 2.87. The Bertz CT molecular complexity index is 489. The lowest BCUT2D eigenvalue weighted by Crippen LogP contribution is -2.39. The molecular formula is C12H15ClN2O5. The SMILES string of the molecule is O=C(O)c1ccc(Cl)c(NC(=O)N(CCO)CCO)c1. The number of aliphatic hydroxyl groups is 2. The summed E-state index contributed by atoms with van der Waals surface area (Å²) in [7, 11) is 0. The normalized spacial score (nSPS) is 10.2. The zero-order valence-electron chi connectivity index (χ0n) is 10.5. The van der Waals surface area contributed by atoms with Gasteiger partial charge in [-0.2, -0.15) is 0 Å². The van der Waals surface area contributed by atoms with E-state index in [1.54, 1.807) is 0 Å². The van der Waals surface area contributed by atoms with Crippen molar-refractivity contribution in [3.05, 3.63) is 28.8 Å². The van der Waals surface area contributed by atoms with Crippen molar-refractivity contribution in [3.8, 4) is 0 Å². The van der Waals surface area contributed by atoms with E-state index in [2.05, 4.69) is 5.32 Å². The van der Waals surface area contributed by atoms with Crippen LogP contribution in [0, 0.1) is 0 Å². The molecule has 1 aromatic carbocycles. The Labute approximate surface area is 120 Å². The van der Waals surface area contributed by atoms with Gasteiger partial charge in [0.15, 0.2) is 0 Å². The van der Waals surface area contributed by atoms with Gasteiger partial charge in [-0.15, -0.1) is 0 Å². The van der Waals surface area contributed by atoms with Gasteiger partial charge in [0, 0.05) is 13.1 Å². The standard InChI is InChI=1S/C12H15ClN2O5/c13-9-2-1-8(11(18)19)7-10(9)14-12(20)15(3-5-16)4-6-17/h1-2,7,16-17H,3-6H2,(H,14,20)(H,18,19). The Hall–Kier alpha value is -1.83. The molecule has 0 saturated carbocycles. The number of anilines is 1. The molecule has 0 radical (unpaired) electrons. The van der Waals surface area contributed by atoms with Crippen molar-refractivity contribution in [2.24, 2.45) is 0 Å². The Kier molecular flexibility index (Phi) is 6.23. The molecular weight excluding hydrogens is 288 g/mol. The van der Waals surface area contributed by atoms with E-state index in [4.69, 9.17) is 26.9 Å². The molecule has 0 saturated heterocycles. The maximum atomic E-state index is 11.9. The molecule has 1 rings (SSSR count). The number of carboxylic acid groups (broad SMARTS) is 1. The fourth-order valence-electron chi connectivity index (χ4n) is 1.50. The van der Waals surface area contributed by atoms with Crippen LogP contribution in [0.25, 0.3) is 0 Å². The monoisotopic (exact) mass is 302 g/mol. The fraction of sp³-hybridized carbons (Fsp3) is 0.333. The minimum absolute atomic E-state index is 0.0134. The highest BCUT2D eigenvalue weighted by Gasteiger charge is 2.15. The third-order valence-electron chi connectivity index (χ3n) is 2.48. The lowest BCUT2D eigenvalue weighted by atomic mass is 10.2. The molecule has 2 amide bonds. The van der Waals surface area contributed by atoms with Crippen LogP contribution < -0.4 is 5.32 Å². The lowest BCUT2D eigenvalue weighted by molar-refractivity contribution is 0.0697. The highest BCUT2D eigenvalue weighted by Crippen LogP contribution is 2.23. The third kappa shape index (κ3) is 4.37. The summed E-state index contributed by atoms with van der Waals surface area (Å²) in [5, 5.41) is 29.2. The summed E-state index contributed by atoms with van der Waals surface area (Å²) in [6.07, 6.45) is 0. The summed E-state index contributed by atoms with van der Waals surface area (Å²) < 4.78 is 0. The smallest absolute Gasteiger partial charge is 0.335 e. The minimum atomic E-state index is -1.14. The molecule has 0 bridgehead atoms. The molecule has 0 aliphatic rings. The first-order chi connectivity index (χ1) is 9.49. The zero-order chi connectivity index (χ0) is 15.1. The highest BCUT2D eigenvalue weighted by atomic mass is 35.5. The predicted octanol–water partition coefficient (Wildman–Crippen LogP) is 0.857. The Morgan fingerprint density at radius 3 is 2.30 bits per heavy atom. The number of benzene rings is 1. The van der Waals surface area contributed by atoms with Crippen molar-refractivity contribution in [3.63, 3.8) is 0 Å². The molecule has 0 atom stereocenters. The molecule has 0 unspecified atom stereocenters. The van der Waals surface area contributed by atoms with Crippen molar-refractivity contribution >= 4 is 29.3 Å². The molecule has 0 spiro atoms. The number of aromatic carboxylic acids is 1. The largest absolute Gasteiger partial charge is 0.478 e. The number of nitrogens with one attached hydrogen (secondary N) is 1. The van der Waals surface area contributed by atoms with Gasteiger partial charge in [-0.1, -0.05) is 11.6 Å². The Morgan fingerprint density at radius 1 is 1.20 bits per heavy atom. The zero-order valence-corrected chi connectivity index (χ0v) is 11.3. The molecule has 8 heteroatoms. The summed E-state index contributed by atoms with van der Waals surface area (Å²) in [5.74, 6) is -1.14. The number of aliphatic hydroxyl groups excluding tert-OH is 2. The molecule has 1 aromatic rings. The van der Waals surface area contributed by atoms with Gasteiger partial charge in [-0.25, -0.2) is 9.59 Å². The van der Waals surface area contributed by atoms with Gasteiger partial charge >= 0.3 is 12.0 Å². The van der Waals surface area contributed by atoms with Crippen LogP contribution in [-0.4, -0.2) is 58.5 Å². The van der Waals surface area contributed by atoms with E-state index in [-0.39, 0.29) is 42.6 Å². The molecule has 20 heavy (non-hydrogen) atoms. The average Bonchev–Trinajstić information content (AvgIpc) is 2.40. The number of carbonyl (C=O) groups is 2. The number of nitrogens with zero attached hydrogens (tertiary/aromatic N) is 1. The molecule has 0 fully saturated rings. The Morgan fingerprint density at radius 2 is 1.80 bits per heavy atom. The van der Waals surface area contributed by atoms with Crippen LogP contribution in [0.15, 0.2) is 18.2 Å². The van der Waals surface area contributed by atoms with Gasteiger partial charge in [0.25, 0.3) is 0 Å². The second kappa shape index (κ2) is 7.68. The van der Waals surface area contributed by atoms with Gasteiger partial charge in [-0.05, 0) is 18.2 Å². The first kappa shape index (κ1) is 16.2. The van der Waals surface area contributed by atoms with Crippen LogP contribution in [0.2, 0.25) is 5.02 Å². The maximum Gasteiger partial charge on any atom is 0.335 e. The first-order valence-electron chi connectivity index (χ1n) is 5.80. The quantitative estimate of drug-likeness (QED) is 0.623. The lowest BCUT2D eigenvalue weighted by Gasteiger charge is -2.21. The van der Waals surface area contributed by atoms with E-state index in [9.17, 15) is 9.59 Å². The average molecular weight is 303 g/mol. The van der Waals surface area contributed by atoms with Crippen LogP contribution in [0.4, 0.5) is 10.5 Å². The van der Waals surface area contributed by atoms with Crippen molar-refractivity contribution in [2.75, 3.05) is 31.6 Å². The van der Waals surface area contributed by atoms with Crippen LogP contribution in [0.1, 0.15) is 10.4 Å². The summed E-state index contributed by atoms with van der Waals surface area (Å²) in [6.45, 7) is -0.419. The maximum absolute atomic E-state index is 11.9. The van der Waals surface area contributed by atoms with Gasteiger partial charge < -0.3 is 25.5 Å². The van der Waals surface area contributed by atoms with E-state index in [0.29, 0.717) is 0 Å². The number of rotatable bonds is 6. The van der Waals surface area contributed by atoms with Gasteiger partial charge in [-0.3, -0.25) is 0 Å². The number of halogens is 1. The number of carbonyl (C=O) groups excluding carboxylic acids is 1. The van der Waals surface area contributed by atoms with E-state index >= 15 is 0 Å². The van der Waals surface area contributed by atoms with E-state index < -0.39 is 12.0 Å². The van der Waals surface area contributed by atoms with Crippen LogP contribution in [0.5, 0.6) is 0 Å². The topological polar surface area (TPSA) is 110 Å². The van der Waals surface area contributed by atoms with Gasteiger partial charge in [0.05, 0.1) is 29.5 Å². The summed E-state index contributed by atoms with van der Waals surface area (Å²) >= 11 is 5.88. The summed E-state index contributed by atoms with van der Waals surface area (Å²) in [5.41, 5.74) is 0.137. The number of carboxylic acids is 1. The summed E-state index contributed by atoms with van der Waals surface area (Å²) in [6, 6.07) is 3.33. The summed E-state index contributed by atoms with van der Waals surface area (Å²) in [4.78, 5) is 24.0. The van der Waals surface area contributed by atoms with Crippen molar-refractivity contribution in [1.82, 2.24) is 4.90 Å². The second-order valence-electron chi connectivity index (χ2n) is 3.86. The van der Waals surface area contributed by atoms with E-state index in [0.717, 1.165) is 0 Å². The molecule has 0 aromatic heterocycles. The van der Waals surface area contributed by atoms with Crippen LogP contribution in [-0.2, 0) is 0 Å². The number of hydrogen-bond donors (Lipinski definition) is 4. The van der Waals surface area contributed by atoms with Crippen molar-refractivity contribution < 1.29 is 24.9 Å². The molecule has 0 aliphatic heterocycles. The number of amides is 2. The van der Waals surface area contributed by atoms with Crippen molar-refractivity contribution in [1.29, 1.82) is 0 Å². The first-order valence-corrected chi connectivity index (χ1v) is 6.18. The third-order valence-corrected chi connectivity index (χ3v) is 2.81. The van der Waals surface area contributed by atoms with E-state index in [1.807, 2.05) is 0 Å². The fourth-order valence-corrected chi connectivity index (χ4v) is 1.67. The second-order valence-corrected chi connectivity index (χ2v) is 4.27. The van der Waals surface area contributed by atoms with Crippen LogP contribution >= 0.6 is 11.6 Å². The molecule has 0 aliphatic carbocycles. The molecule has 4 N–H and O–H groups in total. The minimum Gasteiger partial charge on any atom is -0.478 e. The van der Waals surface area contributed by atoms with Crippen molar-refractivity contribution in [2.45, 2.75) is 0 Å². The molecule has 0 heterocycles. The highest BCUT2D eigenvalue weighted by molar-refractivity contribution is 6.33. The van der Waals surface area contributed by atoms with Crippen LogP contribution in [0.3, 0.4) is 0 Å². The molecule has 110 valence electrons. The van der Waals surface area contributed by atoms with Gasteiger partial charge in [0.2, 0.25) is 0 Å². The van der Waals surface area contributed by atoms with E-state index in [1.165, 1.54) is 23.1 Å².